The number of nitrogens with zero attached hydrogens (tertiary/aromatic N) is 1. The van der Waals surface area contributed by atoms with E-state index >= 15 is 0 Å². The van der Waals surface area contributed by atoms with Gasteiger partial charge < -0.3 is 9.84 Å². The van der Waals surface area contributed by atoms with Gasteiger partial charge in [0.25, 0.3) is 11.8 Å². The van der Waals surface area contributed by atoms with Crippen molar-refractivity contribution in [3.8, 4) is 11.5 Å². The molecule has 1 saturated heterocycles. The molecule has 8 heteroatoms. The molecule has 0 saturated carbocycles. The lowest BCUT2D eigenvalue weighted by atomic mass is 9.56. The Balaban J connectivity index is 1.73. The highest BCUT2D eigenvalue weighted by Gasteiger charge is 2.65. The fourth-order valence-corrected chi connectivity index (χ4v) is 5.68. The molecule has 0 aromatic heterocycles. The minimum absolute atomic E-state index is 0.0881. The smallest absolute Gasteiger partial charge is 0.260 e. The number of carbonyl (C=O) groups is 2. The monoisotopic (exact) mass is 518 g/mol. The van der Waals surface area contributed by atoms with E-state index in [9.17, 15) is 19.1 Å². The topological polar surface area (TPSA) is 78.9 Å². The Morgan fingerprint density at radius 3 is 2.46 bits per heavy atom. The number of carbonyl (C=O) groups excluding carboxylic acids is 2. The maximum absolute atomic E-state index is 14.5. The van der Waals surface area contributed by atoms with E-state index in [4.69, 9.17) is 16.3 Å². The van der Waals surface area contributed by atoms with E-state index in [1.54, 1.807) is 48.5 Å². The van der Waals surface area contributed by atoms with Gasteiger partial charge >= 0.3 is 0 Å². The van der Waals surface area contributed by atoms with Crippen LogP contribution in [-0.2, 0) is 15.0 Å². The van der Waals surface area contributed by atoms with Crippen molar-refractivity contribution in [2.24, 2.45) is 5.92 Å². The van der Waals surface area contributed by atoms with Crippen LogP contribution in [0.1, 0.15) is 23.5 Å². The van der Waals surface area contributed by atoms with Gasteiger partial charge in [0.15, 0.2) is 11.5 Å². The maximum atomic E-state index is 14.5. The summed E-state index contributed by atoms with van der Waals surface area (Å²) in [7, 11) is 1.45. The van der Waals surface area contributed by atoms with Crippen LogP contribution < -0.4 is 10.2 Å². The second-order valence-corrected chi connectivity index (χ2v) is 9.47. The van der Waals surface area contributed by atoms with Crippen LogP contribution in [0, 0.1) is 11.7 Å². The summed E-state index contributed by atoms with van der Waals surface area (Å²) in [5.74, 6) is -2.53. The number of hydrazine groups is 1. The zero-order valence-corrected chi connectivity index (χ0v) is 20.7. The lowest BCUT2D eigenvalue weighted by Gasteiger charge is -2.43. The number of phenols is 1. The Kier molecular flexibility index (Phi) is 6.25. The number of halogens is 2. The number of imide groups is 1. The first-order chi connectivity index (χ1) is 17.8. The Labute approximate surface area is 218 Å². The average Bonchev–Trinajstić information content (AvgIpc) is 3.11. The molecule has 1 aliphatic heterocycles. The van der Waals surface area contributed by atoms with Gasteiger partial charge in [0.1, 0.15) is 5.82 Å². The number of amides is 2. The number of benzene rings is 3. The lowest BCUT2D eigenvalue weighted by Crippen LogP contribution is -2.48. The molecule has 3 unspecified atom stereocenters. The number of fused-ring (bicyclic) bond motifs is 1. The third kappa shape index (κ3) is 3.86. The summed E-state index contributed by atoms with van der Waals surface area (Å²) in [4.78, 5) is 28.3. The second kappa shape index (κ2) is 9.41. The summed E-state index contributed by atoms with van der Waals surface area (Å²) in [6, 6.07) is 17.2. The number of aromatic hydroxyl groups is 1. The molecule has 1 heterocycles. The predicted octanol–water partition coefficient (Wildman–Crippen LogP) is 5.74. The van der Waals surface area contributed by atoms with Crippen molar-refractivity contribution in [2.75, 3.05) is 12.5 Å². The number of ether oxygens (including phenoxy) is 1. The van der Waals surface area contributed by atoms with Crippen LogP contribution in [0.3, 0.4) is 0 Å². The third-order valence-corrected chi connectivity index (χ3v) is 7.43. The molecule has 188 valence electrons. The molecular weight excluding hydrogens is 495 g/mol. The highest BCUT2D eigenvalue weighted by Crippen LogP contribution is 2.58. The molecule has 1 fully saturated rings. The minimum atomic E-state index is -1.37. The van der Waals surface area contributed by atoms with E-state index < -0.39 is 34.9 Å². The fraction of sp³-hybridized carbons (Fsp3) is 0.172. The van der Waals surface area contributed by atoms with Gasteiger partial charge in [0, 0.05) is 10.9 Å². The molecule has 2 aliphatic rings. The van der Waals surface area contributed by atoms with Crippen LogP contribution >= 0.6 is 11.6 Å². The van der Waals surface area contributed by atoms with Crippen LogP contribution in [0.15, 0.2) is 91.0 Å². The quantitative estimate of drug-likeness (QED) is 0.407. The van der Waals surface area contributed by atoms with Crippen molar-refractivity contribution in [3.05, 3.63) is 113 Å². The fourth-order valence-electron chi connectivity index (χ4n) is 5.55. The van der Waals surface area contributed by atoms with Gasteiger partial charge in [0.2, 0.25) is 0 Å². The van der Waals surface area contributed by atoms with Crippen LogP contribution in [0.5, 0.6) is 11.5 Å². The van der Waals surface area contributed by atoms with E-state index in [1.807, 2.05) is 6.08 Å². The van der Waals surface area contributed by atoms with Gasteiger partial charge in [-0.3, -0.25) is 15.0 Å². The number of methoxy groups -OCH3 is 1. The van der Waals surface area contributed by atoms with E-state index in [1.165, 1.54) is 31.4 Å². The number of nitrogens with one attached hydrogen (secondary N) is 1. The Bertz CT molecular complexity index is 1420. The van der Waals surface area contributed by atoms with Crippen molar-refractivity contribution in [1.82, 2.24) is 5.01 Å². The second-order valence-electron chi connectivity index (χ2n) is 9.03. The van der Waals surface area contributed by atoms with Crippen molar-refractivity contribution in [3.63, 3.8) is 0 Å². The molecule has 37 heavy (non-hydrogen) atoms. The molecule has 2 N–H and O–H groups in total. The predicted molar refractivity (Wildman–Crippen MR) is 139 cm³/mol. The van der Waals surface area contributed by atoms with Crippen LogP contribution in [-0.4, -0.2) is 29.0 Å². The van der Waals surface area contributed by atoms with E-state index in [0.717, 1.165) is 10.6 Å². The molecule has 0 spiro atoms. The van der Waals surface area contributed by atoms with Crippen molar-refractivity contribution >= 4 is 29.1 Å². The molecular formula is C29H24ClFN2O4. The first-order valence-electron chi connectivity index (χ1n) is 11.7. The molecule has 3 atom stereocenters. The molecule has 1 aliphatic carbocycles. The number of allylic oxidation sites excluding steroid dienone is 3. The van der Waals surface area contributed by atoms with Crippen molar-refractivity contribution < 1.29 is 23.8 Å². The summed E-state index contributed by atoms with van der Waals surface area (Å²) >= 11 is 6.19. The van der Waals surface area contributed by atoms with Gasteiger partial charge in [0.05, 0.1) is 24.1 Å². The molecule has 0 radical (unpaired) electrons. The first-order valence-corrected chi connectivity index (χ1v) is 12.0. The van der Waals surface area contributed by atoms with E-state index in [-0.39, 0.29) is 11.5 Å². The van der Waals surface area contributed by atoms with E-state index in [0.29, 0.717) is 28.3 Å². The summed E-state index contributed by atoms with van der Waals surface area (Å²) in [6.45, 7) is 3.97. The molecule has 3 aromatic rings. The van der Waals surface area contributed by atoms with Crippen LogP contribution in [0.4, 0.5) is 10.1 Å². The standard InChI is InChI=1S/C29H24ClFN2O4/c1-3-17-4-14-23-27(35)33(32-22-12-10-21(31)11-13-22)28(36)29(23,19-6-8-20(30)9-7-19)26(17)18-5-15-25(37-2)24(34)16-18/h3-13,15-16,23,26,32,34H,1,14H2,2H3. The molecule has 0 bridgehead atoms. The van der Waals surface area contributed by atoms with Gasteiger partial charge in [-0.05, 0) is 71.7 Å². The number of anilines is 1. The van der Waals surface area contributed by atoms with Gasteiger partial charge in [-0.15, -0.1) is 0 Å². The largest absolute Gasteiger partial charge is 0.504 e. The van der Waals surface area contributed by atoms with Crippen molar-refractivity contribution in [1.29, 1.82) is 0 Å². The normalized spacial score (nSPS) is 22.9. The highest BCUT2D eigenvalue weighted by atomic mass is 35.5. The Hall–Kier alpha value is -4.10. The minimum Gasteiger partial charge on any atom is -0.504 e. The molecule has 5 rings (SSSR count). The number of rotatable bonds is 6. The molecule has 2 amide bonds. The van der Waals surface area contributed by atoms with Gasteiger partial charge in [-0.1, -0.05) is 48.5 Å². The first kappa shape index (κ1) is 24.6. The number of phenolic OH excluding ortho intramolecular Hbond substituents is 1. The Morgan fingerprint density at radius 2 is 1.84 bits per heavy atom. The highest BCUT2D eigenvalue weighted by molar-refractivity contribution is 6.30. The summed E-state index contributed by atoms with van der Waals surface area (Å²) in [5.41, 5.74) is 3.89. The molecule has 6 nitrogen and oxygen atoms in total. The lowest BCUT2D eigenvalue weighted by molar-refractivity contribution is -0.138. The summed E-state index contributed by atoms with van der Waals surface area (Å²) in [6.07, 6.45) is 3.88. The maximum Gasteiger partial charge on any atom is 0.260 e. The Morgan fingerprint density at radius 1 is 1.14 bits per heavy atom. The third-order valence-electron chi connectivity index (χ3n) is 7.18. The zero-order valence-electron chi connectivity index (χ0n) is 19.9. The molecule has 3 aromatic carbocycles. The van der Waals surface area contributed by atoms with Gasteiger partial charge in [-0.25, -0.2) is 4.39 Å². The van der Waals surface area contributed by atoms with Crippen LogP contribution in [0.2, 0.25) is 5.02 Å². The van der Waals surface area contributed by atoms with E-state index in [2.05, 4.69) is 12.0 Å². The van der Waals surface area contributed by atoms with Crippen LogP contribution in [0.25, 0.3) is 0 Å². The number of hydrogen-bond acceptors (Lipinski definition) is 5. The average molecular weight is 519 g/mol. The summed E-state index contributed by atoms with van der Waals surface area (Å²) < 4.78 is 18.7. The number of hydrogen-bond donors (Lipinski definition) is 2. The van der Waals surface area contributed by atoms with Gasteiger partial charge in [-0.2, -0.15) is 5.01 Å². The zero-order chi connectivity index (χ0) is 26.3. The summed E-state index contributed by atoms with van der Waals surface area (Å²) in [5, 5.41) is 12.1. The SMILES string of the molecule is C=CC1=CCC2C(=O)N(Nc3ccc(F)cc3)C(=O)C2(c2ccc(Cl)cc2)C1c1ccc(OC)c(O)c1. The van der Waals surface area contributed by atoms with Crippen molar-refractivity contribution in [2.45, 2.75) is 17.8 Å².